The molecule has 15 heavy (non-hydrogen) atoms. The first-order valence-corrected chi connectivity index (χ1v) is 5.21. The van der Waals surface area contributed by atoms with Crippen molar-refractivity contribution in [3.8, 4) is 0 Å². The number of benzene rings is 1. The highest BCUT2D eigenvalue weighted by atomic mass is 15.3. The monoisotopic (exact) mass is 205 g/mol. The lowest BCUT2D eigenvalue weighted by Gasteiger charge is -2.24. The molecule has 0 unspecified atom stereocenters. The fourth-order valence-corrected chi connectivity index (χ4v) is 1.18. The second kappa shape index (κ2) is 4.94. The third-order valence-electron chi connectivity index (χ3n) is 2.66. The van der Waals surface area contributed by atoms with Gasteiger partial charge in [-0.3, -0.25) is 0 Å². The van der Waals surface area contributed by atoms with Crippen molar-refractivity contribution in [2.24, 2.45) is 16.3 Å². The lowest BCUT2D eigenvalue weighted by atomic mass is 9.89. The number of hydrogen-bond acceptors (Lipinski definition) is 2. The van der Waals surface area contributed by atoms with E-state index >= 15 is 0 Å². The maximum absolute atomic E-state index is 5.50. The van der Waals surface area contributed by atoms with E-state index in [1.165, 1.54) is 0 Å². The van der Waals surface area contributed by atoms with Gasteiger partial charge in [-0.15, -0.1) is 0 Å². The van der Waals surface area contributed by atoms with Gasteiger partial charge in [0.15, 0.2) is 0 Å². The molecule has 82 valence electrons. The Labute approximate surface area is 91.4 Å². The van der Waals surface area contributed by atoms with E-state index in [0.29, 0.717) is 0 Å². The number of rotatable bonds is 3. The second-order valence-corrected chi connectivity index (χ2v) is 4.18. The van der Waals surface area contributed by atoms with Crippen LogP contribution in [-0.2, 0) is 0 Å². The molecule has 3 heteroatoms. The highest BCUT2D eigenvalue weighted by molar-refractivity contribution is 5.89. The molecular weight excluding hydrogens is 186 g/mol. The van der Waals surface area contributed by atoms with Crippen LogP contribution in [0.2, 0.25) is 0 Å². The van der Waals surface area contributed by atoms with E-state index in [4.69, 9.17) is 5.84 Å². The average molecular weight is 205 g/mol. The van der Waals surface area contributed by atoms with Crippen molar-refractivity contribution in [1.29, 1.82) is 0 Å². The van der Waals surface area contributed by atoms with E-state index in [9.17, 15) is 0 Å². The molecule has 0 amide bonds. The Morgan fingerprint density at radius 3 is 2.40 bits per heavy atom. The second-order valence-electron chi connectivity index (χ2n) is 4.18. The zero-order valence-corrected chi connectivity index (χ0v) is 9.62. The Morgan fingerprint density at radius 1 is 1.33 bits per heavy atom. The van der Waals surface area contributed by atoms with Gasteiger partial charge in [-0.05, 0) is 18.6 Å². The molecule has 3 nitrogen and oxygen atoms in total. The number of para-hydroxylation sites is 1. The van der Waals surface area contributed by atoms with Crippen molar-refractivity contribution in [3.05, 3.63) is 30.3 Å². The van der Waals surface area contributed by atoms with Gasteiger partial charge in [0.2, 0.25) is 0 Å². The van der Waals surface area contributed by atoms with Crippen LogP contribution in [0.5, 0.6) is 0 Å². The highest BCUT2D eigenvalue weighted by Gasteiger charge is 2.22. The van der Waals surface area contributed by atoms with Gasteiger partial charge in [-0.2, -0.15) is 0 Å². The summed E-state index contributed by atoms with van der Waals surface area (Å²) in [5, 5.41) is 0. The number of hydrazine groups is 1. The number of nitrogens with zero attached hydrogens (tertiary/aromatic N) is 1. The van der Waals surface area contributed by atoms with E-state index < -0.39 is 0 Å². The molecule has 1 aromatic rings. The number of aliphatic imine (C=N–C) groups is 1. The Hall–Kier alpha value is -1.35. The average Bonchev–Trinajstić information content (AvgIpc) is 2.27. The predicted molar refractivity (Wildman–Crippen MR) is 64.9 cm³/mol. The molecule has 0 aliphatic carbocycles. The predicted octanol–water partition coefficient (Wildman–Crippen LogP) is 2.62. The molecule has 0 atom stereocenters. The normalized spacial score (nSPS) is 12.7. The van der Waals surface area contributed by atoms with Crippen molar-refractivity contribution < 1.29 is 0 Å². The summed E-state index contributed by atoms with van der Waals surface area (Å²) in [6.07, 6.45) is 0.989. The third kappa shape index (κ3) is 3.06. The topological polar surface area (TPSA) is 50.4 Å². The van der Waals surface area contributed by atoms with Crippen molar-refractivity contribution in [2.75, 3.05) is 0 Å². The van der Waals surface area contributed by atoms with E-state index in [-0.39, 0.29) is 5.41 Å². The van der Waals surface area contributed by atoms with Gasteiger partial charge in [0, 0.05) is 5.41 Å². The van der Waals surface area contributed by atoms with E-state index in [1.807, 2.05) is 30.3 Å². The maximum Gasteiger partial charge on any atom is 0.122 e. The van der Waals surface area contributed by atoms with Crippen molar-refractivity contribution >= 4 is 11.5 Å². The highest BCUT2D eigenvalue weighted by Crippen LogP contribution is 2.23. The van der Waals surface area contributed by atoms with Crippen LogP contribution in [-0.4, -0.2) is 5.84 Å². The molecule has 0 heterocycles. The van der Waals surface area contributed by atoms with E-state index in [2.05, 4.69) is 31.2 Å². The van der Waals surface area contributed by atoms with Gasteiger partial charge in [-0.25, -0.2) is 10.8 Å². The Morgan fingerprint density at radius 2 is 1.93 bits per heavy atom. The number of nitrogens with one attached hydrogen (secondary N) is 1. The summed E-state index contributed by atoms with van der Waals surface area (Å²) in [6, 6.07) is 9.82. The minimum atomic E-state index is -0.0232. The standard InChI is InChI=1S/C12H19N3/c1-4-12(2,3)11(15-13)14-10-8-6-5-7-9-10/h5-9H,4,13H2,1-3H3,(H,14,15). The first-order chi connectivity index (χ1) is 7.10. The van der Waals surface area contributed by atoms with Crippen molar-refractivity contribution in [3.63, 3.8) is 0 Å². The van der Waals surface area contributed by atoms with Gasteiger partial charge in [0.25, 0.3) is 0 Å². The molecule has 0 spiro atoms. The quantitative estimate of drug-likeness (QED) is 0.345. The van der Waals surface area contributed by atoms with Crippen molar-refractivity contribution in [1.82, 2.24) is 5.43 Å². The lowest BCUT2D eigenvalue weighted by molar-refractivity contribution is 0.486. The molecule has 0 fully saturated rings. The summed E-state index contributed by atoms with van der Waals surface area (Å²) in [5.74, 6) is 6.32. The minimum Gasteiger partial charge on any atom is -0.312 e. The summed E-state index contributed by atoms with van der Waals surface area (Å²) in [7, 11) is 0. The summed E-state index contributed by atoms with van der Waals surface area (Å²) in [4.78, 5) is 4.50. The van der Waals surface area contributed by atoms with E-state index in [0.717, 1.165) is 17.9 Å². The molecule has 0 aromatic heterocycles. The fourth-order valence-electron chi connectivity index (χ4n) is 1.18. The summed E-state index contributed by atoms with van der Waals surface area (Å²) >= 11 is 0. The first-order valence-electron chi connectivity index (χ1n) is 5.21. The van der Waals surface area contributed by atoms with Gasteiger partial charge in [-0.1, -0.05) is 39.0 Å². The lowest BCUT2D eigenvalue weighted by Crippen LogP contribution is -2.40. The SMILES string of the molecule is CCC(C)(C)C(=Nc1ccccc1)NN. The van der Waals surface area contributed by atoms with Gasteiger partial charge in [0.1, 0.15) is 5.84 Å². The van der Waals surface area contributed by atoms with Crippen LogP contribution in [0.1, 0.15) is 27.2 Å². The molecule has 1 aromatic carbocycles. The Kier molecular flexibility index (Phi) is 3.86. The molecule has 0 bridgehead atoms. The first kappa shape index (κ1) is 11.7. The third-order valence-corrected chi connectivity index (χ3v) is 2.66. The van der Waals surface area contributed by atoms with Gasteiger partial charge >= 0.3 is 0 Å². The minimum absolute atomic E-state index is 0.0232. The molecule has 0 aliphatic heterocycles. The van der Waals surface area contributed by atoms with Crippen LogP contribution in [0.4, 0.5) is 5.69 Å². The molecular formula is C12H19N3. The molecule has 1 rings (SSSR count). The number of hydrogen-bond donors (Lipinski definition) is 2. The summed E-state index contributed by atoms with van der Waals surface area (Å²) in [6.45, 7) is 6.36. The molecule has 0 saturated heterocycles. The smallest absolute Gasteiger partial charge is 0.122 e. The summed E-state index contributed by atoms with van der Waals surface area (Å²) in [5.41, 5.74) is 3.59. The largest absolute Gasteiger partial charge is 0.312 e. The maximum atomic E-state index is 5.50. The zero-order chi connectivity index (χ0) is 11.3. The molecule has 0 saturated carbocycles. The number of nitrogens with two attached hydrogens (primary N) is 1. The molecule has 0 aliphatic rings. The Bertz CT molecular complexity index is 328. The van der Waals surface area contributed by atoms with Gasteiger partial charge in [0.05, 0.1) is 5.69 Å². The Balaban J connectivity index is 2.98. The van der Waals surface area contributed by atoms with E-state index in [1.54, 1.807) is 0 Å². The van der Waals surface area contributed by atoms with Gasteiger partial charge < -0.3 is 5.43 Å². The van der Waals surface area contributed by atoms with Crippen molar-refractivity contribution in [2.45, 2.75) is 27.2 Å². The number of amidine groups is 1. The van der Waals surface area contributed by atoms with Crippen LogP contribution in [0, 0.1) is 5.41 Å². The zero-order valence-electron chi connectivity index (χ0n) is 9.62. The van der Waals surface area contributed by atoms with Crippen LogP contribution < -0.4 is 11.3 Å². The van der Waals surface area contributed by atoms with Crippen LogP contribution >= 0.6 is 0 Å². The molecule has 0 radical (unpaired) electrons. The fraction of sp³-hybridized carbons (Fsp3) is 0.417. The van der Waals surface area contributed by atoms with Crippen LogP contribution in [0.25, 0.3) is 0 Å². The van der Waals surface area contributed by atoms with Crippen LogP contribution in [0.3, 0.4) is 0 Å². The molecule has 3 N–H and O–H groups in total. The summed E-state index contributed by atoms with van der Waals surface area (Å²) < 4.78 is 0. The van der Waals surface area contributed by atoms with Crippen LogP contribution in [0.15, 0.2) is 35.3 Å².